The van der Waals surface area contributed by atoms with E-state index in [0.717, 1.165) is 34.6 Å². The molecular formula is C22H19ClN4O2. The summed E-state index contributed by atoms with van der Waals surface area (Å²) >= 11 is 6.07. The number of ether oxygens (including phenoxy) is 1. The monoisotopic (exact) mass is 406 g/mol. The van der Waals surface area contributed by atoms with Gasteiger partial charge in [0.15, 0.2) is 5.78 Å². The van der Waals surface area contributed by atoms with Crippen LogP contribution in [0, 0.1) is 0 Å². The number of nitrogens with one attached hydrogen (secondary N) is 1. The molecule has 0 saturated heterocycles. The van der Waals surface area contributed by atoms with Crippen molar-refractivity contribution in [3.05, 3.63) is 82.3 Å². The van der Waals surface area contributed by atoms with Crippen LogP contribution < -0.4 is 10.1 Å². The normalized spacial score (nSPS) is 20.7. The summed E-state index contributed by atoms with van der Waals surface area (Å²) in [7, 11) is 1.65. The lowest BCUT2D eigenvalue weighted by Crippen LogP contribution is -2.33. The summed E-state index contributed by atoms with van der Waals surface area (Å²) in [6.07, 6.45) is 2.71. The molecule has 1 aliphatic carbocycles. The minimum atomic E-state index is -0.301. The van der Waals surface area contributed by atoms with Gasteiger partial charge >= 0.3 is 0 Å². The Bertz CT molecular complexity index is 1100. The van der Waals surface area contributed by atoms with E-state index in [1.807, 2.05) is 48.5 Å². The molecule has 2 atom stereocenters. The van der Waals surface area contributed by atoms with Gasteiger partial charge in [-0.25, -0.2) is 4.68 Å². The number of carbonyl (C=O) groups excluding carboxylic acids is 1. The highest BCUT2D eigenvalue weighted by atomic mass is 35.5. The van der Waals surface area contributed by atoms with Gasteiger partial charge in [-0.15, -0.1) is 0 Å². The number of hydrogen-bond acceptors (Lipinski definition) is 5. The highest BCUT2D eigenvalue weighted by Crippen LogP contribution is 2.44. The molecule has 7 heteroatoms. The number of halogens is 1. The lowest BCUT2D eigenvalue weighted by molar-refractivity contribution is -0.116. The first-order valence-electron chi connectivity index (χ1n) is 9.46. The number of methoxy groups -OCH3 is 1. The first-order valence-corrected chi connectivity index (χ1v) is 9.84. The molecule has 1 N–H and O–H groups in total. The molecule has 2 aromatic carbocycles. The van der Waals surface area contributed by atoms with Crippen LogP contribution >= 0.6 is 11.6 Å². The summed E-state index contributed by atoms with van der Waals surface area (Å²) in [5, 5.41) is 8.37. The van der Waals surface area contributed by atoms with E-state index in [1.54, 1.807) is 11.8 Å². The Kier molecular flexibility index (Phi) is 4.36. The number of anilines is 1. The highest BCUT2D eigenvalue weighted by molar-refractivity contribution is 6.30. The van der Waals surface area contributed by atoms with E-state index in [1.165, 1.54) is 6.33 Å². The van der Waals surface area contributed by atoms with Gasteiger partial charge in [-0.05, 0) is 47.7 Å². The highest BCUT2D eigenvalue weighted by Gasteiger charge is 2.39. The van der Waals surface area contributed by atoms with Crippen molar-refractivity contribution < 1.29 is 9.53 Å². The van der Waals surface area contributed by atoms with Gasteiger partial charge in [0.2, 0.25) is 5.95 Å². The number of aromatic nitrogens is 3. The molecule has 5 rings (SSSR count). The maximum Gasteiger partial charge on any atom is 0.226 e. The smallest absolute Gasteiger partial charge is 0.226 e. The fourth-order valence-electron chi connectivity index (χ4n) is 4.22. The van der Waals surface area contributed by atoms with Crippen LogP contribution in [0.15, 0.2) is 66.1 Å². The van der Waals surface area contributed by atoms with Gasteiger partial charge in [0, 0.05) is 22.7 Å². The van der Waals surface area contributed by atoms with Crippen molar-refractivity contribution in [3.63, 3.8) is 0 Å². The summed E-state index contributed by atoms with van der Waals surface area (Å²) in [5.74, 6) is 1.69. The minimum Gasteiger partial charge on any atom is -0.497 e. The van der Waals surface area contributed by atoms with Gasteiger partial charge in [0.25, 0.3) is 0 Å². The van der Waals surface area contributed by atoms with E-state index in [2.05, 4.69) is 15.4 Å². The summed E-state index contributed by atoms with van der Waals surface area (Å²) in [6.45, 7) is 0. The molecule has 1 aliphatic heterocycles. The van der Waals surface area contributed by atoms with E-state index in [0.29, 0.717) is 17.4 Å². The topological polar surface area (TPSA) is 69.0 Å². The Morgan fingerprint density at radius 1 is 1.07 bits per heavy atom. The SMILES string of the molecule is COc1ccc([C@H]2CC(=O)C3=C(C2)Nc2ncnn2[C@H]3c2ccc(Cl)cc2)cc1. The molecule has 2 heterocycles. The number of fused-ring (bicyclic) bond motifs is 1. The molecule has 3 aromatic rings. The van der Waals surface area contributed by atoms with Crippen molar-refractivity contribution in [2.24, 2.45) is 0 Å². The predicted molar refractivity (Wildman–Crippen MR) is 110 cm³/mol. The van der Waals surface area contributed by atoms with Gasteiger partial charge in [0.1, 0.15) is 18.1 Å². The van der Waals surface area contributed by atoms with Crippen molar-refractivity contribution in [3.8, 4) is 5.75 Å². The van der Waals surface area contributed by atoms with Crippen LogP contribution in [0.5, 0.6) is 5.75 Å². The van der Waals surface area contributed by atoms with Gasteiger partial charge in [-0.3, -0.25) is 4.79 Å². The Morgan fingerprint density at radius 2 is 1.79 bits per heavy atom. The van der Waals surface area contributed by atoms with E-state index in [4.69, 9.17) is 16.3 Å². The van der Waals surface area contributed by atoms with Crippen LogP contribution in [-0.2, 0) is 4.79 Å². The van der Waals surface area contributed by atoms with Gasteiger partial charge < -0.3 is 10.1 Å². The number of Topliss-reactive ketones (excluding diaryl/α,β-unsaturated/α-hetero) is 1. The van der Waals surface area contributed by atoms with E-state index in [9.17, 15) is 4.79 Å². The number of benzene rings is 2. The Hall–Kier alpha value is -3.12. The van der Waals surface area contributed by atoms with Crippen molar-refractivity contribution in [2.45, 2.75) is 24.8 Å². The summed E-state index contributed by atoms with van der Waals surface area (Å²) in [6, 6.07) is 15.2. The predicted octanol–water partition coefficient (Wildman–Crippen LogP) is 4.36. The maximum atomic E-state index is 13.3. The molecule has 29 heavy (non-hydrogen) atoms. The number of allylic oxidation sites excluding steroid dienone is 2. The minimum absolute atomic E-state index is 0.111. The van der Waals surface area contributed by atoms with Crippen LogP contribution in [0.4, 0.5) is 5.95 Å². The Labute approximate surface area is 173 Å². The maximum absolute atomic E-state index is 13.3. The van der Waals surface area contributed by atoms with Crippen LogP contribution in [-0.4, -0.2) is 27.7 Å². The lowest BCUT2D eigenvalue weighted by Gasteiger charge is -2.35. The molecule has 0 spiro atoms. The van der Waals surface area contributed by atoms with Crippen LogP contribution in [0.2, 0.25) is 5.02 Å². The van der Waals surface area contributed by atoms with Gasteiger partial charge in [0.05, 0.1) is 7.11 Å². The molecule has 6 nitrogen and oxygen atoms in total. The van der Waals surface area contributed by atoms with E-state index in [-0.39, 0.29) is 17.7 Å². The molecule has 146 valence electrons. The van der Waals surface area contributed by atoms with E-state index < -0.39 is 0 Å². The van der Waals surface area contributed by atoms with Gasteiger partial charge in [-0.2, -0.15) is 10.1 Å². The zero-order chi connectivity index (χ0) is 20.0. The largest absolute Gasteiger partial charge is 0.497 e. The van der Waals surface area contributed by atoms with Crippen molar-refractivity contribution >= 4 is 23.3 Å². The molecule has 0 radical (unpaired) electrons. The average Bonchev–Trinajstić information content (AvgIpc) is 3.21. The quantitative estimate of drug-likeness (QED) is 0.700. The summed E-state index contributed by atoms with van der Waals surface area (Å²) in [4.78, 5) is 17.6. The number of ketones is 1. The first kappa shape index (κ1) is 17.9. The van der Waals surface area contributed by atoms with Crippen LogP contribution in [0.1, 0.15) is 35.9 Å². The van der Waals surface area contributed by atoms with Crippen molar-refractivity contribution in [1.82, 2.24) is 14.8 Å². The standard InChI is InChI=1S/C22H19ClN4O2/c1-29-17-8-4-13(5-9-17)15-10-18-20(19(28)11-15)21(14-2-6-16(23)7-3-14)27-22(26-18)24-12-25-27/h2-9,12,15,21H,10-11H2,1H3,(H,24,25,26)/t15-,21+/m1/s1. The van der Waals surface area contributed by atoms with Crippen LogP contribution in [0.25, 0.3) is 0 Å². The number of rotatable bonds is 3. The summed E-state index contributed by atoms with van der Waals surface area (Å²) < 4.78 is 7.02. The van der Waals surface area contributed by atoms with Gasteiger partial charge in [-0.1, -0.05) is 35.9 Å². The summed E-state index contributed by atoms with van der Waals surface area (Å²) in [5.41, 5.74) is 3.77. The van der Waals surface area contributed by atoms with Crippen molar-refractivity contribution in [2.75, 3.05) is 12.4 Å². The molecule has 0 bridgehead atoms. The third-order valence-electron chi connectivity index (χ3n) is 5.63. The van der Waals surface area contributed by atoms with E-state index >= 15 is 0 Å². The van der Waals surface area contributed by atoms with Crippen LogP contribution in [0.3, 0.4) is 0 Å². The fraction of sp³-hybridized carbons (Fsp3) is 0.227. The lowest BCUT2D eigenvalue weighted by atomic mass is 9.78. The second kappa shape index (κ2) is 7.04. The first-order chi connectivity index (χ1) is 14.1. The molecular weight excluding hydrogens is 388 g/mol. The Morgan fingerprint density at radius 3 is 2.52 bits per heavy atom. The zero-order valence-corrected chi connectivity index (χ0v) is 16.6. The Balaban J connectivity index is 1.55. The number of carbonyl (C=O) groups is 1. The second-order valence-electron chi connectivity index (χ2n) is 7.30. The molecule has 0 amide bonds. The average molecular weight is 407 g/mol. The van der Waals surface area contributed by atoms with Crippen molar-refractivity contribution in [1.29, 1.82) is 0 Å². The number of hydrogen-bond donors (Lipinski definition) is 1. The molecule has 0 fully saturated rings. The molecule has 1 aromatic heterocycles. The third kappa shape index (κ3) is 3.09. The molecule has 2 aliphatic rings. The molecule has 0 unspecified atom stereocenters. The number of nitrogens with zero attached hydrogens (tertiary/aromatic N) is 3. The fourth-order valence-corrected chi connectivity index (χ4v) is 4.34. The second-order valence-corrected chi connectivity index (χ2v) is 7.74. The zero-order valence-electron chi connectivity index (χ0n) is 15.8. The molecule has 0 saturated carbocycles. The third-order valence-corrected chi connectivity index (χ3v) is 5.89.